The summed E-state index contributed by atoms with van der Waals surface area (Å²) in [6.07, 6.45) is 9.16. The molecule has 6 heteroatoms. The highest BCUT2D eigenvalue weighted by Crippen LogP contribution is 2.35. The Morgan fingerprint density at radius 1 is 1.25 bits per heavy atom. The van der Waals surface area contributed by atoms with Crippen LogP contribution in [0.3, 0.4) is 0 Å². The Morgan fingerprint density at radius 2 is 1.93 bits per heavy atom. The Labute approximate surface area is 176 Å². The van der Waals surface area contributed by atoms with Gasteiger partial charge in [-0.05, 0) is 44.4 Å². The van der Waals surface area contributed by atoms with E-state index in [2.05, 4.69) is 21.2 Å². The fourth-order valence-electron chi connectivity index (χ4n) is 4.38. The van der Waals surface area contributed by atoms with Crippen molar-refractivity contribution in [3.63, 3.8) is 0 Å². The lowest BCUT2D eigenvalue weighted by atomic mass is 9.93. The highest BCUT2D eigenvalue weighted by atomic mass is 79.9. The summed E-state index contributed by atoms with van der Waals surface area (Å²) >= 11 is 3.49. The van der Waals surface area contributed by atoms with Crippen molar-refractivity contribution in [2.24, 2.45) is 0 Å². The van der Waals surface area contributed by atoms with E-state index in [1.54, 1.807) is 12.0 Å². The number of likely N-dealkylation sites (tertiary alicyclic amines) is 1. The van der Waals surface area contributed by atoms with E-state index in [1.807, 2.05) is 25.1 Å². The summed E-state index contributed by atoms with van der Waals surface area (Å²) in [5.41, 5.74) is 0.0874. The second-order valence-corrected chi connectivity index (χ2v) is 9.14. The molecule has 1 saturated heterocycles. The van der Waals surface area contributed by atoms with Gasteiger partial charge in [0.1, 0.15) is 11.3 Å². The Balaban J connectivity index is 1.76. The number of hydrogen-bond acceptors (Lipinski definition) is 3. The molecule has 5 nitrogen and oxygen atoms in total. The zero-order chi connectivity index (χ0) is 20.1. The van der Waals surface area contributed by atoms with Crippen molar-refractivity contribution in [1.29, 1.82) is 0 Å². The van der Waals surface area contributed by atoms with E-state index in [4.69, 9.17) is 4.74 Å². The van der Waals surface area contributed by atoms with Crippen LogP contribution in [0.1, 0.15) is 70.3 Å². The standard InChI is InChI=1S/C22H31BrN2O3/c1-22(21(27)24-18-8-6-4-3-5-7-9-18)13-12-20(26)25(22)15-16-14-17(23)10-11-19(16)28-2/h10-11,14,18H,3-9,12-13,15H2,1-2H3,(H,24,27)/t22-/m1/s1. The van der Waals surface area contributed by atoms with Crippen molar-refractivity contribution in [3.8, 4) is 5.75 Å². The second-order valence-electron chi connectivity index (χ2n) is 8.23. The van der Waals surface area contributed by atoms with Gasteiger partial charge >= 0.3 is 0 Å². The molecule has 2 fully saturated rings. The number of amides is 2. The molecular weight excluding hydrogens is 420 g/mol. The van der Waals surface area contributed by atoms with Crippen LogP contribution in [-0.2, 0) is 16.1 Å². The monoisotopic (exact) mass is 450 g/mol. The normalized spacial score (nSPS) is 24.0. The molecule has 28 heavy (non-hydrogen) atoms. The first-order valence-electron chi connectivity index (χ1n) is 10.4. The van der Waals surface area contributed by atoms with Gasteiger partial charge in [-0.15, -0.1) is 0 Å². The molecule has 0 aromatic heterocycles. The predicted octanol–water partition coefficient (Wildman–Crippen LogP) is 4.57. The van der Waals surface area contributed by atoms with Crippen LogP contribution in [0.2, 0.25) is 0 Å². The maximum Gasteiger partial charge on any atom is 0.245 e. The summed E-state index contributed by atoms with van der Waals surface area (Å²) in [7, 11) is 1.62. The van der Waals surface area contributed by atoms with Crippen molar-refractivity contribution in [2.75, 3.05) is 7.11 Å². The molecule has 0 spiro atoms. The summed E-state index contributed by atoms with van der Waals surface area (Å²) in [5, 5.41) is 3.27. The Kier molecular flexibility index (Phi) is 7.02. The van der Waals surface area contributed by atoms with Crippen molar-refractivity contribution in [1.82, 2.24) is 10.2 Å². The number of nitrogens with zero attached hydrogens (tertiary/aromatic N) is 1. The molecular formula is C22H31BrN2O3. The lowest BCUT2D eigenvalue weighted by Crippen LogP contribution is -2.56. The van der Waals surface area contributed by atoms with Gasteiger partial charge in [0.15, 0.2) is 0 Å². The van der Waals surface area contributed by atoms with Gasteiger partial charge in [-0.25, -0.2) is 0 Å². The average molecular weight is 451 g/mol. The summed E-state index contributed by atoms with van der Waals surface area (Å²) in [5.74, 6) is 0.737. The highest BCUT2D eigenvalue weighted by molar-refractivity contribution is 9.10. The number of hydrogen-bond donors (Lipinski definition) is 1. The van der Waals surface area contributed by atoms with E-state index in [9.17, 15) is 9.59 Å². The van der Waals surface area contributed by atoms with Gasteiger partial charge in [0.05, 0.1) is 13.7 Å². The van der Waals surface area contributed by atoms with Gasteiger partial charge in [0.2, 0.25) is 11.8 Å². The van der Waals surface area contributed by atoms with E-state index >= 15 is 0 Å². The van der Waals surface area contributed by atoms with Crippen molar-refractivity contribution < 1.29 is 14.3 Å². The zero-order valence-electron chi connectivity index (χ0n) is 16.9. The Hall–Kier alpha value is -1.56. The quantitative estimate of drug-likeness (QED) is 0.714. The number of methoxy groups -OCH3 is 1. The van der Waals surface area contributed by atoms with Gasteiger partial charge in [-0.1, -0.05) is 48.0 Å². The van der Waals surface area contributed by atoms with E-state index < -0.39 is 5.54 Å². The lowest BCUT2D eigenvalue weighted by Gasteiger charge is -2.36. The minimum absolute atomic E-state index is 0.0158. The first-order valence-corrected chi connectivity index (χ1v) is 11.2. The topological polar surface area (TPSA) is 58.6 Å². The molecule has 1 heterocycles. The molecule has 1 N–H and O–H groups in total. The second kappa shape index (κ2) is 9.29. The van der Waals surface area contributed by atoms with Crippen LogP contribution in [0.25, 0.3) is 0 Å². The summed E-state index contributed by atoms with van der Waals surface area (Å²) < 4.78 is 6.39. The number of rotatable bonds is 5. The van der Waals surface area contributed by atoms with Crippen LogP contribution < -0.4 is 10.1 Å². The number of halogens is 1. The van der Waals surface area contributed by atoms with E-state index in [0.29, 0.717) is 19.4 Å². The van der Waals surface area contributed by atoms with Gasteiger partial charge < -0.3 is 15.0 Å². The fourth-order valence-corrected chi connectivity index (χ4v) is 4.79. The fraction of sp³-hybridized carbons (Fsp3) is 0.636. The van der Waals surface area contributed by atoms with Crippen molar-refractivity contribution >= 4 is 27.7 Å². The first kappa shape index (κ1) is 21.2. The van der Waals surface area contributed by atoms with Gasteiger partial charge in [0.25, 0.3) is 0 Å². The third-order valence-corrected chi connectivity index (χ3v) is 6.72. The molecule has 2 aliphatic rings. The third kappa shape index (κ3) is 4.70. The van der Waals surface area contributed by atoms with Crippen LogP contribution in [0.15, 0.2) is 22.7 Å². The summed E-state index contributed by atoms with van der Waals surface area (Å²) in [6.45, 7) is 2.27. The minimum Gasteiger partial charge on any atom is -0.496 e. The molecule has 1 saturated carbocycles. The van der Waals surface area contributed by atoms with Crippen LogP contribution in [0.4, 0.5) is 0 Å². The predicted molar refractivity (Wildman–Crippen MR) is 113 cm³/mol. The molecule has 154 valence electrons. The Morgan fingerprint density at radius 3 is 2.61 bits per heavy atom. The van der Waals surface area contributed by atoms with E-state index in [-0.39, 0.29) is 17.9 Å². The molecule has 0 radical (unpaired) electrons. The molecule has 1 aromatic rings. The van der Waals surface area contributed by atoms with E-state index in [0.717, 1.165) is 28.6 Å². The molecule has 2 amide bonds. The number of carbonyl (C=O) groups is 2. The molecule has 1 atom stereocenters. The maximum absolute atomic E-state index is 13.3. The zero-order valence-corrected chi connectivity index (χ0v) is 18.5. The largest absolute Gasteiger partial charge is 0.496 e. The lowest BCUT2D eigenvalue weighted by molar-refractivity contribution is -0.141. The molecule has 1 aliphatic carbocycles. The van der Waals surface area contributed by atoms with Crippen molar-refractivity contribution in [2.45, 2.75) is 82.8 Å². The van der Waals surface area contributed by atoms with Crippen molar-refractivity contribution in [3.05, 3.63) is 28.2 Å². The first-order chi connectivity index (χ1) is 13.4. The molecule has 0 unspecified atom stereocenters. The van der Waals surface area contributed by atoms with Gasteiger partial charge in [-0.3, -0.25) is 9.59 Å². The number of ether oxygens (including phenoxy) is 1. The number of carbonyl (C=O) groups excluding carboxylic acids is 2. The third-order valence-electron chi connectivity index (χ3n) is 6.22. The van der Waals surface area contributed by atoms with Crippen LogP contribution in [0, 0.1) is 0 Å². The summed E-state index contributed by atoms with van der Waals surface area (Å²) in [6, 6.07) is 5.97. The van der Waals surface area contributed by atoms with Gasteiger partial charge in [-0.2, -0.15) is 0 Å². The number of nitrogens with one attached hydrogen (secondary N) is 1. The highest BCUT2D eigenvalue weighted by Gasteiger charge is 2.47. The van der Waals surface area contributed by atoms with Crippen LogP contribution in [-0.4, -0.2) is 35.4 Å². The Bertz CT molecular complexity index is 716. The maximum atomic E-state index is 13.3. The summed E-state index contributed by atoms with van der Waals surface area (Å²) in [4.78, 5) is 27.7. The number of benzene rings is 1. The molecule has 0 bridgehead atoms. The van der Waals surface area contributed by atoms with Gasteiger partial charge in [0, 0.05) is 22.5 Å². The molecule has 3 rings (SSSR count). The van der Waals surface area contributed by atoms with E-state index in [1.165, 1.54) is 32.1 Å². The SMILES string of the molecule is COc1ccc(Br)cc1CN1C(=O)CC[C@]1(C)C(=O)NC1CCCCCCC1. The minimum atomic E-state index is -0.813. The van der Waals surface area contributed by atoms with Crippen LogP contribution >= 0.6 is 15.9 Å². The molecule has 1 aliphatic heterocycles. The molecule has 1 aromatic carbocycles. The van der Waals surface area contributed by atoms with Crippen LogP contribution in [0.5, 0.6) is 5.75 Å². The smallest absolute Gasteiger partial charge is 0.245 e. The average Bonchev–Trinajstić information content (AvgIpc) is 2.93.